The lowest BCUT2D eigenvalue weighted by Gasteiger charge is -2.27. The molecule has 0 unspecified atom stereocenters. The van der Waals surface area contributed by atoms with Gasteiger partial charge in [-0.1, -0.05) is 24.3 Å². The van der Waals surface area contributed by atoms with Crippen LogP contribution < -0.4 is 14.4 Å². The third kappa shape index (κ3) is 4.37. The summed E-state index contributed by atoms with van der Waals surface area (Å²) in [5.41, 5.74) is 1.85. The molecule has 9 heteroatoms. The molecule has 156 valence electrons. The van der Waals surface area contributed by atoms with Gasteiger partial charge in [0.05, 0.1) is 26.0 Å². The predicted molar refractivity (Wildman–Crippen MR) is 114 cm³/mol. The monoisotopic (exact) mass is 426 g/mol. The quantitative estimate of drug-likeness (QED) is 0.648. The van der Waals surface area contributed by atoms with Gasteiger partial charge in [0, 0.05) is 24.3 Å². The Morgan fingerprint density at radius 1 is 1.00 bits per heavy atom. The topological polar surface area (TPSA) is 93.7 Å². The van der Waals surface area contributed by atoms with Crippen LogP contribution in [0.5, 0.6) is 5.75 Å². The molecule has 0 bridgehead atoms. The zero-order valence-corrected chi connectivity index (χ0v) is 17.3. The highest BCUT2D eigenvalue weighted by molar-refractivity contribution is 7.92. The van der Waals surface area contributed by atoms with Gasteiger partial charge in [0.2, 0.25) is 0 Å². The lowest BCUT2D eigenvalue weighted by Crippen LogP contribution is -2.36. The summed E-state index contributed by atoms with van der Waals surface area (Å²) in [6.45, 7) is 2.93. The van der Waals surface area contributed by atoms with Crippen molar-refractivity contribution in [2.24, 2.45) is 0 Å². The van der Waals surface area contributed by atoms with Crippen molar-refractivity contribution < 1.29 is 17.9 Å². The van der Waals surface area contributed by atoms with E-state index in [1.165, 1.54) is 13.2 Å². The number of anilines is 2. The smallest absolute Gasteiger partial charge is 0.265 e. The molecule has 0 atom stereocenters. The minimum absolute atomic E-state index is 0.0764. The molecule has 1 saturated heterocycles. The molecule has 1 aliphatic rings. The summed E-state index contributed by atoms with van der Waals surface area (Å²) < 4.78 is 38.8. The molecule has 4 rings (SSSR count). The lowest BCUT2D eigenvalue weighted by molar-refractivity contribution is 0.122. The molecule has 2 heterocycles. The van der Waals surface area contributed by atoms with Crippen LogP contribution in [-0.4, -0.2) is 52.0 Å². The Labute approximate surface area is 175 Å². The van der Waals surface area contributed by atoms with Gasteiger partial charge in [-0.25, -0.2) is 8.42 Å². The number of ether oxygens (including phenoxy) is 2. The molecule has 8 nitrogen and oxygen atoms in total. The third-order valence-corrected chi connectivity index (χ3v) is 6.18. The Bertz CT molecular complexity index is 1110. The van der Waals surface area contributed by atoms with Crippen molar-refractivity contribution in [2.45, 2.75) is 4.90 Å². The molecule has 3 aromatic rings. The van der Waals surface area contributed by atoms with E-state index in [9.17, 15) is 8.42 Å². The number of morpholine rings is 1. The van der Waals surface area contributed by atoms with Crippen LogP contribution in [0.2, 0.25) is 0 Å². The largest absolute Gasteiger partial charge is 0.495 e. The van der Waals surface area contributed by atoms with E-state index in [1.54, 1.807) is 36.4 Å². The molecule has 0 radical (unpaired) electrons. The molecule has 1 N–H and O–H groups in total. The first-order chi connectivity index (χ1) is 14.6. The van der Waals surface area contributed by atoms with Gasteiger partial charge in [0.1, 0.15) is 10.6 Å². The van der Waals surface area contributed by atoms with Crippen molar-refractivity contribution in [3.05, 3.63) is 60.7 Å². The maximum absolute atomic E-state index is 12.8. The number of sulfonamides is 1. The average molecular weight is 426 g/mol. The van der Waals surface area contributed by atoms with Crippen molar-refractivity contribution in [2.75, 3.05) is 43.0 Å². The zero-order chi connectivity index (χ0) is 21.0. The Balaban J connectivity index is 1.55. The van der Waals surface area contributed by atoms with Gasteiger partial charge in [-0.2, -0.15) is 0 Å². The number of aromatic nitrogens is 2. The second kappa shape index (κ2) is 8.68. The van der Waals surface area contributed by atoms with Crippen molar-refractivity contribution in [1.82, 2.24) is 10.2 Å². The van der Waals surface area contributed by atoms with Crippen molar-refractivity contribution >= 4 is 21.5 Å². The van der Waals surface area contributed by atoms with Crippen LogP contribution in [0.25, 0.3) is 11.3 Å². The highest BCUT2D eigenvalue weighted by Gasteiger charge is 2.19. The van der Waals surface area contributed by atoms with Gasteiger partial charge in [-0.3, -0.25) is 4.72 Å². The highest BCUT2D eigenvalue weighted by atomic mass is 32.2. The normalized spacial score (nSPS) is 14.4. The summed E-state index contributed by atoms with van der Waals surface area (Å²) in [6.07, 6.45) is 0. The number of hydrogen-bond acceptors (Lipinski definition) is 7. The van der Waals surface area contributed by atoms with Crippen LogP contribution in [0.1, 0.15) is 0 Å². The number of methoxy groups -OCH3 is 1. The molecule has 1 fully saturated rings. The standard InChI is InChI=1S/C21H22N4O4S/c1-28-19-7-2-3-8-20(19)30(26,27)24-17-6-4-5-16(15-17)18-9-10-21(23-22-18)25-11-13-29-14-12-25/h2-10,15,24H,11-14H2,1H3. The van der Waals surface area contributed by atoms with Crippen LogP contribution in [0.4, 0.5) is 11.5 Å². The molecular formula is C21H22N4O4S. The SMILES string of the molecule is COc1ccccc1S(=O)(=O)Nc1cccc(-c2ccc(N3CCOCC3)nn2)c1. The molecule has 1 aromatic heterocycles. The van der Waals surface area contributed by atoms with Crippen LogP contribution in [0, 0.1) is 0 Å². The number of para-hydroxylation sites is 1. The maximum atomic E-state index is 12.8. The Kier molecular flexibility index (Phi) is 5.82. The first kappa shape index (κ1) is 20.1. The third-order valence-electron chi connectivity index (χ3n) is 4.75. The fraction of sp³-hybridized carbons (Fsp3) is 0.238. The van der Waals surface area contributed by atoms with Gasteiger partial charge >= 0.3 is 0 Å². The molecule has 30 heavy (non-hydrogen) atoms. The number of hydrogen-bond donors (Lipinski definition) is 1. The number of benzene rings is 2. The molecule has 1 aliphatic heterocycles. The first-order valence-electron chi connectivity index (χ1n) is 9.49. The summed E-state index contributed by atoms with van der Waals surface area (Å²) in [7, 11) is -2.37. The van der Waals surface area contributed by atoms with E-state index < -0.39 is 10.0 Å². The van der Waals surface area contributed by atoms with Crippen molar-refractivity contribution in [3.63, 3.8) is 0 Å². The fourth-order valence-electron chi connectivity index (χ4n) is 3.23. The maximum Gasteiger partial charge on any atom is 0.265 e. The van der Waals surface area contributed by atoms with E-state index in [0.717, 1.165) is 24.5 Å². The van der Waals surface area contributed by atoms with Gasteiger partial charge < -0.3 is 14.4 Å². The Hall–Kier alpha value is -3.17. The fourth-order valence-corrected chi connectivity index (χ4v) is 4.45. The predicted octanol–water partition coefficient (Wildman–Crippen LogP) is 2.79. The Morgan fingerprint density at radius 2 is 1.80 bits per heavy atom. The van der Waals surface area contributed by atoms with Crippen molar-refractivity contribution in [3.8, 4) is 17.0 Å². The summed E-state index contributed by atoms with van der Waals surface area (Å²) in [5, 5.41) is 8.64. The van der Waals surface area contributed by atoms with E-state index >= 15 is 0 Å². The van der Waals surface area contributed by atoms with E-state index in [-0.39, 0.29) is 10.6 Å². The van der Waals surface area contributed by atoms with Gasteiger partial charge in [0.25, 0.3) is 10.0 Å². The molecule has 0 amide bonds. The zero-order valence-electron chi connectivity index (χ0n) is 16.5. The van der Waals surface area contributed by atoms with E-state index in [1.807, 2.05) is 18.2 Å². The molecule has 0 saturated carbocycles. The lowest BCUT2D eigenvalue weighted by atomic mass is 10.1. The van der Waals surface area contributed by atoms with Crippen molar-refractivity contribution in [1.29, 1.82) is 0 Å². The van der Waals surface area contributed by atoms with Crippen LogP contribution in [0.15, 0.2) is 65.6 Å². The summed E-state index contributed by atoms with van der Waals surface area (Å²) in [4.78, 5) is 2.20. The number of nitrogens with zero attached hydrogens (tertiary/aromatic N) is 3. The minimum Gasteiger partial charge on any atom is -0.495 e. The first-order valence-corrected chi connectivity index (χ1v) is 11.0. The van der Waals surface area contributed by atoms with E-state index in [0.29, 0.717) is 24.6 Å². The van der Waals surface area contributed by atoms with Gasteiger partial charge in [-0.15, -0.1) is 10.2 Å². The Morgan fingerprint density at radius 3 is 2.53 bits per heavy atom. The molecular weight excluding hydrogens is 404 g/mol. The number of nitrogens with one attached hydrogen (secondary N) is 1. The van der Waals surface area contributed by atoms with Crippen LogP contribution >= 0.6 is 0 Å². The summed E-state index contributed by atoms with van der Waals surface area (Å²) in [6, 6.07) is 17.3. The number of rotatable bonds is 6. The van der Waals surface area contributed by atoms with E-state index in [2.05, 4.69) is 19.8 Å². The summed E-state index contributed by atoms with van der Waals surface area (Å²) in [5.74, 6) is 1.08. The van der Waals surface area contributed by atoms with Crippen LogP contribution in [0.3, 0.4) is 0 Å². The second-order valence-corrected chi connectivity index (χ2v) is 8.36. The minimum atomic E-state index is -3.81. The summed E-state index contributed by atoms with van der Waals surface area (Å²) >= 11 is 0. The second-order valence-electron chi connectivity index (χ2n) is 6.71. The van der Waals surface area contributed by atoms with Gasteiger partial charge in [-0.05, 0) is 36.4 Å². The van der Waals surface area contributed by atoms with E-state index in [4.69, 9.17) is 9.47 Å². The van der Waals surface area contributed by atoms with Crippen LogP contribution in [-0.2, 0) is 14.8 Å². The molecule has 0 spiro atoms. The molecule has 0 aliphatic carbocycles. The highest BCUT2D eigenvalue weighted by Crippen LogP contribution is 2.27. The molecule has 2 aromatic carbocycles. The average Bonchev–Trinajstić information content (AvgIpc) is 2.79. The van der Waals surface area contributed by atoms with Gasteiger partial charge in [0.15, 0.2) is 5.82 Å².